The van der Waals surface area contributed by atoms with Crippen LogP contribution in [0.5, 0.6) is 0 Å². The van der Waals surface area contributed by atoms with Gasteiger partial charge in [0.1, 0.15) is 12.7 Å². The summed E-state index contributed by atoms with van der Waals surface area (Å²) in [6.45, 7) is 5.83. The fourth-order valence-electron chi connectivity index (χ4n) is 1.60. The Kier molecular flexibility index (Phi) is 8.03. The molecule has 0 saturated carbocycles. The Morgan fingerprint density at radius 1 is 0.762 bits per heavy atom. The summed E-state index contributed by atoms with van der Waals surface area (Å²) in [6, 6.07) is 0. The normalized spacial score (nSPS) is 14.3. The van der Waals surface area contributed by atoms with Gasteiger partial charge in [-0.3, -0.25) is 19.2 Å². The number of carbonyl (C=O) groups is 4. The minimum atomic E-state index is -1.09. The van der Waals surface area contributed by atoms with Crippen LogP contribution in [0.2, 0.25) is 0 Å². The van der Waals surface area contributed by atoms with E-state index in [2.05, 4.69) is 0 Å². The first-order valence-corrected chi connectivity index (χ1v) is 6.28. The van der Waals surface area contributed by atoms with E-state index >= 15 is 0 Å². The van der Waals surface area contributed by atoms with E-state index in [0.717, 1.165) is 13.8 Å². The van der Waals surface area contributed by atoms with E-state index in [9.17, 15) is 19.2 Å². The number of esters is 4. The van der Waals surface area contributed by atoms with Gasteiger partial charge < -0.3 is 18.9 Å². The zero-order chi connectivity index (χ0) is 16.6. The van der Waals surface area contributed by atoms with Crippen molar-refractivity contribution in [3.8, 4) is 0 Å². The standard InChI is InChI=1S/C13H20O8/c1-7(19-9(3)15)13(21-11(5)17)12(20-10(4)16)6-18-8(2)14/h7,12-13H,6H2,1-5H3/t7-,12-,13+/m1/s1. The van der Waals surface area contributed by atoms with Gasteiger partial charge in [0.05, 0.1) is 0 Å². The van der Waals surface area contributed by atoms with Gasteiger partial charge in [0.25, 0.3) is 0 Å². The summed E-state index contributed by atoms with van der Waals surface area (Å²) in [5, 5.41) is 0. The number of hydrogen-bond acceptors (Lipinski definition) is 8. The van der Waals surface area contributed by atoms with Gasteiger partial charge >= 0.3 is 23.9 Å². The highest BCUT2D eigenvalue weighted by Crippen LogP contribution is 2.14. The molecule has 0 aromatic carbocycles. The van der Waals surface area contributed by atoms with Crippen LogP contribution in [0, 0.1) is 0 Å². The van der Waals surface area contributed by atoms with Crippen molar-refractivity contribution < 1.29 is 38.1 Å². The van der Waals surface area contributed by atoms with Crippen LogP contribution in [-0.2, 0) is 38.1 Å². The molecule has 0 rings (SSSR count). The van der Waals surface area contributed by atoms with Gasteiger partial charge in [-0.1, -0.05) is 0 Å². The lowest BCUT2D eigenvalue weighted by atomic mass is 10.1. The fraction of sp³-hybridized carbons (Fsp3) is 0.692. The molecule has 21 heavy (non-hydrogen) atoms. The minimum absolute atomic E-state index is 0.321. The van der Waals surface area contributed by atoms with Crippen molar-refractivity contribution in [1.82, 2.24) is 0 Å². The van der Waals surface area contributed by atoms with E-state index in [1.165, 1.54) is 20.8 Å². The third-order valence-electron chi connectivity index (χ3n) is 2.25. The van der Waals surface area contributed by atoms with Gasteiger partial charge in [0.2, 0.25) is 0 Å². The van der Waals surface area contributed by atoms with Crippen LogP contribution in [-0.4, -0.2) is 48.8 Å². The summed E-state index contributed by atoms with van der Waals surface area (Å²) < 4.78 is 19.7. The molecule has 0 radical (unpaired) electrons. The van der Waals surface area contributed by atoms with Crippen LogP contribution < -0.4 is 0 Å². The fourth-order valence-corrected chi connectivity index (χ4v) is 1.60. The van der Waals surface area contributed by atoms with E-state index in [1.54, 1.807) is 0 Å². The highest BCUT2D eigenvalue weighted by atomic mass is 16.6. The zero-order valence-electron chi connectivity index (χ0n) is 12.7. The minimum Gasteiger partial charge on any atom is -0.462 e. The molecule has 0 aliphatic rings. The lowest BCUT2D eigenvalue weighted by molar-refractivity contribution is -0.187. The molecule has 0 N–H and O–H groups in total. The van der Waals surface area contributed by atoms with Crippen molar-refractivity contribution in [2.45, 2.75) is 52.9 Å². The summed E-state index contributed by atoms with van der Waals surface area (Å²) in [5.74, 6) is -2.49. The number of carbonyl (C=O) groups excluding carboxylic acids is 4. The summed E-state index contributed by atoms with van der Waals surface area (Å²) >= 11 is 0. The third-order valence-corrected chi connectivity index (χ3v) is 2.25. The molecule has 0 fully saturated rings. The van der Waals surface area contributed by atoms with E-state index in [4.69, 9.17) is 18.9 Å². The molecular weight excluding hydrogens is 284 g/mol. The third kappa shape index (κ3) is 8.61. The first-order chi connectivity index (χ1) is 9.63. The first-order valence-electron chi connectivity index (χ1n) is 6.28. The molecule has 0 unspecified atom stereocenters. The second-order valence-electron chi connectivity index (χ2n) is 4.34. The Balaban J connectivity index is 5.12. The molecule has 0 amide bonds. The molecule has 0 aliphatic carbocycles. The van der Waals surface area contributed by atoms with Gasteiger partial charge in [0, 0.05) is 27.7 Å². The molecule has 0 aromatic heterocycles. The smallest absolute Gasteiger partial charge is 0.303 e. The van der Waals surface area contributed by atoms with Crippen LogP contribution in [0.4, 0.5) is 0 Å². The zero-order valence-corrected chi connectivity index (χ0v) is 12.7. The molecule has 0 bridgehead atoms. The molecule has 3 atom stereocenters. The molecule has 0 heterocycles. The monoisotopic (exact) mass is 304 g/mol. The van der Waals surface area contributed by atoms with Gasteiger partial charge in [-0.2, -0.15) is 0 Å². The summed E-state index contributed by atoms with van der Waals surface area (Å²) in [6.07, 6.45) is -3.05. The Hall–Kier alpha value is -2.12. The van der Waals surface area contributed by atoms with Crippen molar-refractivity contribution in [3.63, 3.8) is 0 Å². The molecule has 120 valence electrons. The maximum absolute atomic E-state index is 11.2. The lowest BCUT2D eigenvalue weighted by Gasteiger charge is -2.29. The highest BCUT2D eigenvalue weighted by Gasteiger charge is 2.35. The van der Waals surface area contributed by atoms with Gasteiger partial charge in [-0.25, -0.2) is 0 Å². The Bertz CT molecular complexity index is 403. The highest BCUT2D eigenvalue weighted by molar-refractivity contribution is 5.68. The van der Waals surface area contributed by atoms with E-state index in [0.29, 0.717) is 0 Å². The second kappa shape index (κ2) is 8.93. The largest absolute Gasteiger partial charge is 0.462 e. The molecule has 8 nitrogen and oxygen atoms in total. The summed E-state index contributed by atoms with van der Waals surface area (Å²) in [7, 11) is 0. The van der Waals surface area contributed by atoms with Crippen molar-refractivity contribution >= 4 is 23.9 Å². The first kappa shape index (κ1) is 18.9. The van der Waals surface area contributed by atoms with Crippen LogP contribution in [0.25, 0.3) is 0 Å². The number of hydrogen-bond donors (Lipinski definition) is 0. The summed E-state index contributed by atoms with van der Waals surface area (Å²) in [5.41, 5.74) is 0. The van der Waals surface area contributed by atoms with Crippen molar-refractivity contribution in [3.05, 3.63) is 0 Å². The average Bonchev–Trinajstić information content (AvgIpc) is 2.29. The number of ether oxygens (including phenoxy) is 4. The van der Waals surface area contributed by atoms with Crippen molar-refractivity contribution in [2.75, 3.05) is 6.61 Å². The molecule has 8 heteroatoms. The summed E-state index contributed by atoms with van der Waals surface area (Å²) in [4.78, 5) is 44.2. The predicted molar refractivity (Wildman–Crippen MR) is 69.0 cm³/mol. The molecule has 0 aromatic rings. The Labute approximate surface area is 122 Å². The molecule has 0 aliphatic heterocycles. The predicted octanol–water partition coefficient (Wildman–Crippen LogP) is 0.365. The van der Waals surface area contributed by atoms with Crippen LogP contribution >= 0.6 is 0 Å². The molecule has 0 spiro atoms. The maximum atomic E-state index is 11.2. The lowest BCUT2D eigenvalue weighted by Crippen LogP contribution is -2.46. The van der Waals surface area contributed by atoms with Gasteiger partial charge in [0.15, 0.2) is 12.2 Å². The van der Waals surface area contributed by atoms with Gasteiger partial charge in [-0.15, -0.1) is 0 Å². The van der Waals surface area contributed by atoms with E-state index in [-0.39, 0.29) is 6.61 Å². The van der Waals surface area contributed by atoms with Crippen LogP contribution in [0.3, 0.4) is 0 Å². The van der Waals surface area contributed by atoms with Crippen molar-refractivity contribution in [2.24, 2.45) is 0 Å². The molecule has 0 saturated heterocycles. The van der Waals surface area contributed by atoms with Gasteiger partial charge in [-0.05, 0) is 6.92 Å². The van der Waals surface area contributed by atoms with Crippen LogP contribution in [0.15, 0.2) is 0 Å². The van der Waals surface area contributed by atoms with Crippen LogP contribution in [0.1, 0.15) is 34.6 Å². The Morgan fingerprint density at radius 3 is 1.62 bits per heavy atom. The molecular formula is C13H20O8. The maximum Gasteiger partial charge on any atom is 0.303 e. The Morgan fingerprint density at radius 2 is 1.24 bits per heavy atom. The second-order valence-corrected chi connectivity index (χ2v) is 4.34. The average molecular weight is 304 g/mol. The van der Waals surface area contributed by atoms with E-state index in [1.807, 2.05) is 0 Å². The quantitative estimate of drug-likeness (QED) is 0.490. The van der Waals surface area contributed by atoms with E-state index < -0.39 is 42.2 Å². The number of rotatable bonds is 7. The topological polar surface area (TPSA) is 105 Å². The van der Waals surface area contributed by atoms with Crippen molar-refractivity contribution in [1.29, 1.82) is 0 Å². The SMILES string of the molecule is CC(=O)OC[C@@H](OC(C)=O)[C@@H](OC(C)=O)[C@@H](C)OC(C)=O.